The van der Waals surface area contributed by atoms with Gasteiger partial charge in [-0.2, -0.15) is 5.10 Å². The van der Waals surface area contributed by atoms with Crippen molar-refractivity contribution in [2.45, 2.75) is 17.5 Å². The Kier molecular flexibility index (Phi) is 5.28. The molecule has 0 bridgehead atoms. The number of furan rings is 1. The Morgan fingerprint density at radius 1 is 1.23 bits per heavy atom. The minimum atomic E-state index is -0.273. The summed E-state index contributed by atoms with van der Waals surface area (Å²) in [6.45, 7) is 0. The topological polar surface area (TPSA) is 71.6 Å². The molecule has 0 N–H and O–H groups in total. The predicted molar refractivity (Wildman–Crippen MR) is 119 cm³/mol. The molecule has 0 aliphatic carbocycles. The highest BCUT2D eigenvalue weighted by Crippen LogP contribution is 2.35. The van der Waals surface area contributed by atoms with E-state index >= 15 is 0 Å². The smallest absolute Gasteiger partial charge is 0.253 e. The van der Waals surface area contributed by atoms with E-state index < -0.39 is 0 Å². The van der Waals surface area contributed by atoms with E-state index in [1.54, 1.807) is 17.6 Å². The van der Waals surface area contributed by atoms with Crippen molar-refractivity contribution >= 4 is 56.5 Å². The summed E-state index contributed by atoms with van der Waals surface area (Å²) in [6, 6.07) is 12.9. The molecular formula is C21H15ClN4O2S2. The monoisotopic (exact) mass is 454 g/mol. The molecule has 0 saturated heterocycles. The number of thioether (sulfide) groups is 1. The highest BCUT2D eigenvalue weighted by Gasteiger charge is 2.34. The van der Waals surface area contributed by atoms with Crippen LogP contribution in [0.3, 0.4) is 0 Å². The zero-order valence-electron chi connectivity index (χ0n) is 15.6. The molecule has 3 aromatic heterocycles. The fraction of sp³-hybridized carbons (Fsp3) is 0.143. The highest BCUT2D eigenvalue weighted by molar-refractivity contribution is 8.00. The quantitative estimate of drug-likeness (QED) is 0.298. The van der Waals surface area contributed by atoms with Crippen molar-refractivity contribution in [2.75, 3.05) is 5.75 Å². The van der Waals surface area contributed by atoms with Crippen LogP contribution < -0.4 is 0 Å². The van der Waals surface area contributed by atoms with Gasteiger partial charge in [-0.1, -0.05) is 35.5 Å². The van der Waals surface area contributed by atoms with Crippen molar-refractivity contribution in [1.29, 1.82) is 0 Å². The van der Waals surface area contributed by atoms with Gasteiger partial charge in [-0.15, -0.1) is 11.3 Å². The summed E-state index contributed by atoms with van der Waals surface area (Å²) < 4.78 is 5.60. The number of rotatable bonds is 5. The fourth-order valence-corrected chi connectivity index (χ4v) is 5.10. The van der Waals surface area contributed by atoms with Gasteiger partial charge >= 0.3 is 0 Å². The largest absolute Gasteiger partial charge is 0.467 e. The Labute approximate surface area is 185 Å². The number of aromatic nitrogens is 2. The first-order valence-electron chi connectivity index (χ1n) is 9.19. The van der Waals surface area contributed by atoms with Crippen molar-refractivity contribution in [2.24, 2.45) is 5.10 Å². The van der Waals surface area contributed by atoms with Crippen LogP contribution in [0.25, 0.3) is 10.2 Å². The fourth-order valence-electron chi connectivity index (χ4n) is 3.34. The zero-order chi connectivity index (χ0) is 20.5. The van der Waals surface area contributed by atoms with Crippen LogP contribution in [0.2, 0.25) is 5.02 Å². The molecular weight excluding hydrogens is 440 g/mol. The average molecular weight is 455 g/mol. The Morgan fingerprint density at radius 2 is 2.10 bits per heavy atom. The molecule has 1 aliphatic rings. The number of carbonyl (C=O) groups is 1. The maximum atomic E-state index is 13.1. The van der Waals surface area contributed by atoms with Gasteiger partial charge in [0.1, 0.15) is 28.0 Å². The zero-order valence-corrected chi connectivity index (χ0v) is 18.0. The Hall–Kier alpha value is -2.68. The molecule has 1 aromatic carbocycles. The normalized spacial score (nSPS) is 16.2. The lowest BCUT2D eigenvalue weighted by molar-refractivity contribution is -0.130. The van der Waals surface area contributed by atoms with Gasteiger partial charge in [0.05, 0.1) is 17.7 Å². The maximum Gasteiger partial charge on any atom is 0.253 e. The lowest BCUT2D eigenvalue weighted by atomic mass is 10.0. The van der Waals surface area contributed by atoms with Crippen molar-refractivity contribution in [1.82, 2.24) is 15.0 Å². The van der Waals surface area contributed by atoms with Gasteiger partial charge in [0.15, 0.2) is 0 Å². The van der Waals surface area contributed by atoms with E-state index in [0.717, 1.165) is 26.5 Å². The molecule has 6 nitrogen and oxygen atoms in total. The summed E-state index contributed by atoms with van der Waals surface area (Å²) in [5.74, 6) is 0.826. The summed E-state index contributed by atoms with van der Waals surface area (Å²) in [5.41, 5.74) is 1.77. The average Bonchev–Trinajstić information content (AvgIpc) is 3.52. The number of hydrogen-bond donors (Lipinski definition) is 0. The van der Waals surface area contributed by atoms with Crippen molar-refractivity contribution in [3.63, 3.8) is 0 Å². The van der Waals surface area contributed by atoms with E-state index in [4.69, 9.17) is 16.0 Å². The highest BCUT2D eigenvalue weighted by atomic mass is 35.5. The SMILES string of the molecule is O=C(CSc1ncnc2sccc12)N1N=C(c2ccc(Cl)cc2)CC1c1ccco1. The van der Waals surface area contributed by atoms with Gasteiger partial charge in [-0.3, -0.25) is 4.79 Å². The number of thiophene rings is 1. The van der Waals surface area contributed by atoms with Crippen LogP contribution in [-0.2, 0) is 4.79 Å². The van der Waals surface area contributed by atoms with E-state index in [2.05, 4.69) is 15.1 Å². The van der Waals surface area contributed by atoms with Gasteiger partial charge < -0.3 is 4.42 Å². The van der Waals surface area contributed by atoms with E-state index in [0.29, 0.717) is 17.2 Å². The van der Waals surface area contributed by atoms with E-state index in [1.807, 2.05) is 47.8 Å². The summed E-state index contributed by atoms with van der Waals surface area (Å²) in [5, 5.41) is 10.6. The van der Waals surface area contributed by atoms with Crippen LogP contribution in [0.15, 0.2) is 75.0 Å². The first kappa shape index (κ1) is 19.3. The third-order valence-electron chi connectivity index (χ3n) is 4.77. The summed E-state index contributed by atoms with van der Waals surface area (Å²) >= 11 is 8.96. The van der Waals surface area contributed by atoms with Crippen LogP contribution >= 0.6 is 34.7 Å². The number of carbonyl (C=O) groups excluding carboxylic acids is 1. The molecule has 4 heterocycles. The number of hydrogen-bond acceptors (Lipinski definition) is 7. The van der Waals surface area contributed by atoms with Crippen molar-refractivity contribution in [3.8, 4) is 0 Å². The summed E-state index contributed by atoms with van der Waals surface area (Å²) in [7, 11) is 0. The van der Waals surface area contributed by atoms with Crippen LogP contribution in [0.5, 0.6) is 0 Å². The molecule has 0 saturated carbocycles. The maximum absolute atomic E-state index is 13.1. The molecule has 4 aromatic rings. The third kappa shape index (κ3) is 3.74. The molecule has 5 rings (SSSR count). The second kappa shape index (κ2) is 8.22. The number of hydrazone groups is 1. The minimum absolute atomic E-state index is 0.104. The lowest BCUT2D eigenvalue weighted by Crippen LogP contribution is -2.28. The number of fused-ring (bicyclic) bond motifs is 1. The third-order valence-corrected chi connectivity index (χ3v) is 6.84. The lowest BCUT2D eigenvalue weighted by Gasteiger charge is -2.19. The second-order valence-electron chi connectivity index (χ2n) is 6.63. The molecule has 9 heteroatoms. The molecule has 30 heavy (non-hydrogen) atoms. The standard InChI is InChI=1S/C21H15ClN4O2S2/c22-14-5-3-13(4-6-14)16-10-17(18-2-1-8-28-18)26(25-16)19(27)11-30-21-15-7-9-29-20(15)23-12-24-21/h1-9,12,17H,10-11H2. The summed E-state index contributed by atoms with van der Waals surface area (Å²) in [4.78, 5) is 22.6. The van der Waals surface area contributed by atoms with Crippen LogP contribution in [-0.4, -0.2) is 32.3 Å². The minimum Gasteiger partial charge on any atom is -0.467 e. The summed E-state index contributed by atoms with van der Waals surface area (Å²) in [6.07, 6.45) is 3.72. The molecule has 0 fully saturated rings. The second-order valence-corrected chi connectivity index (χ2v) is 8.93. The van der Waals surface area contributed by atoms with E-state index in [9.17, 15) is 4.79 Å². The van der Waals surface area contributed by atoms with Crippen molar-refractivity contribution < 1.29 is 9.21 Å². The Bertz CT molecular complexity index is 1220. The van der Waals surface area contributed by atoms with Gasteiger partial charge in [-0.25, -0.2) is 15.0 Å². The molecule has 0 radical (unpaired) electrons. The van der Waals surface area contributed by atoms with Crippen LogP contribution in [0.4, 0.5) is 0 Å². The number of halogens is 1. The van der Waals surface area contributed by atoms with Gasteiger partial charge in [-0.05, 0) is 41.3 Å². The predicted octanol–water partition coefficient (Wildman–Crippen LogP) is 5.41. The number of benzene rings is 1. The van der Waals surface area contributed by atoms with Crippen LogP contribution in [0.1, 0.15) is 23.8 Å². The molecule has 1 unspecified atom stereocenters. The number of amides is 1. The van der Waals surface area contributed by atoms with Gasteiger partial charge in [0, 0.05) is 16.8 Å². The van der Waals surface area contributed by atoms with Gasteiger partial charge in [0.2, 0.25) is 0 Å². The van der Waals surface area contributed by atoms with Gasteiger partial charge in [0.25, 0.3) is 5.91 Å². The van der Waals surface area contributed by atoms with E-state index in [1.165, 1.54) is 23.1 Å². The Morgan fingerprint density at radius 3 is 2.90 bits per heavy atom. The van der Waals surface area contributed by atoms with Crippen LogP contribution in [0, 0.1) is 0 Å². The van der Waals surface area contributed by atoms with Crippen molar-refractivity contribution in [3.05, 3.63) is 76.8 Å². The number of nitrogens with zero attached hydrogens (tertiary/aromatic N) is 4. The first-order valence-corrected chi connectivity index (χ1v) is 11.4. The first-order chi connectivity index (χ1) is 14.7. The molecule has 1 amide bonds. The Balaban J connectivity index is 1.39. The molecule has 1 aliphatic heterocycles. The molecule has 1 atom stereocenters. The molecule has 150 valence electrons. The van der Waals surface area contributed by atoms with E-state index in [-0.39, 0.29) is 17.7 Å². The molecule has 0 spiro atoms.